The molecule has 47 heavy (non-hydrogen) atoms. The summed E-state index contributed by atoms with van der Waals surface area (Å²) in [5.41, 5.74) is 4.99. The number of nitriles is 1. The summed E-state index contributed by atoms with van der Waals surface area (Å²) in [6.07, 6.45) is 3.74. The number of aliphatic hydroxyl groups excluding tert-OH is 1. The molecule has 1 aliphatic rings. The Kier molecular flexibility index (Phi) is 10.8. The Balaban J connectivity index is 1.39. The maximum Gasteiger partial charge on any atom is 0.309 e. The van der Waals surface area contributed by atoms with Crippen LogP contribution in [-0.2, 0) is 29.2 Å². The number of nitrogens with zero attached hydrogens (tertiary/aromatic N) is 2. The van der Waals surface area contributed by atoms with E-state index in [1.807, 2.05) is 24.3 Å². The number of aliphatic carboxylic acids is 1. The Morgan fingerprint density at radius 1 is 1.13 bits per heavy atom. The molecule has 3 aromatic carbocycles. The smallest absolute Gasteiger partial charge is 0.309 e. The van der Waals surface area contributed by atoms with Crippen LogP contribution in [0.15, 0.2) is 73.1 Å². The maximum absolute atomic E-state index is 14.7. The van der Waals surface area contributed by atoms with Crippen molar-refractivity contribution in [2.75, 3.05) is 6.61 Å². The van der Waals surface area contributed by atoms with Crippen molar-refractivity contribution in [3.63, 3.8) is 0 Å². The molecule has 0 amide bonds. The average Bonchev–Trinajstić information content (AvgIpc) is 3.49. The number of rotatable bonds is 14. The first-order chi connectivity index (χ1) is 22.7. The molecule has 0 saturated carbocycles. The highest BCUT2D eigenvalue weighted by atomic mass is 35.5. The summed E-state index contributed by atoms with van der Waals surface area (Å²) < 4.78 is 27.3. The molecule has 3 atom stereocenters. The van der Waals surface area contributed by atoms with Crippen molar-refractivity contribution in [2.24, 2.45) is 5.92 Å². The fourth-order valence-corrected chi connectivity index (χ4v) is 5.81. The lowest BCUT2D eigenvalue weighted by molar-refractivity contribution is -0.145. The molecule has 0 fully saturated rings. The minimum absolute atomic E-state index is 0.0835. The minimum Gasteiger partial charge on any atom is -0.488 e. The standard InChI is InChI=1S/C36H33ClFN3O6/c1-21(32(43)13-25(19-42)36(44)45)41-18-24-12-30(37)35(14-34(24)46-20-23-11-22(15-39)16-40-17-23)47-33-10-9-27-26(6-4-7-29(27)33)28-5-2-3-8-31(28)38/h2-8,11-12,14,16-17,21,25,33,41-42H,9-10,13,18-20H2,1H3,(H,44,45)/t21?,25?,33-/m0/s1. The number of carbonyl (C=O) groups is 2. The van der Waals surface area contributed by atoms with Gasteiger partial charge in [-0.3, -0.25) is 14.6 Å². The van der Waals surface area contributed by atoms with Crippen molar-refractivity contribution in [2.45, 2.75) is 51.5 Å². The van der Waals surface area contributed by atoms with Gasteiger partial charge >= 0.3 is 5.97 Å². The molecule has 5 rings (SSSR count). The first-order valence-electron chi connectivity index (χ1n) is 15.1. The van der Waals surface area contributed by atoms with Crippen molar-refractivity contribution in [3.8, 4) is 28.7 Å². The normalized spacial score (nSPS) is 14.9. The summed E-state index contributed by atoms with van der Waals surface area (Å²) in [6.45, 7) is 1.21. The van der Waals surface area contributed by atoms with E-state index in [-0.39, 0.29) is 37.3 Å². The van der Waals surface area contributed by atoms with Gasteiger partial charge in [0.25, 0.3) is 0 Å². The van der Waals surface area contributed by atoms with Gasteiger partial charge in [-0.15, -0.1) is 0 Å². The largest absolute Gasteiger partial charge is 0.488 e. The molecule has 4 aromatic rings. The molecule has 2 unspecified atom stereocenters. The average molecular weight is 658 g/mol. The summed E-state index contributed by atoms with van der Waals surface area (Å²) in [7, 11) is 0. The van der Waals surface area contributed by atoms with Gasteiger partial charge < -0.3 is 25.0 Å². The van der Waals surface area contributed by atoms with Crippen molar-refractivity contribution in [1.29, 1.82) is 5.26 Å². The second-order valence-corrected chi connectivity index (χ2v) is 11.8. The van der Waals surface area contributed by atoms with Crippen LogP contribution in [0.5, 0.6) is 11.5 Å². The van der Waals surface area contributed by atoms with Crippen LogP contribution in [0.2, 0.25) is 5.02 Å². The van der Waals surface area contributed by atoms with Crippen molar-refractivity contribution in [1.82, 2.24) is 10.3 Å². The molecular weight excluding hydrogens is 625 g/mol. The molecule has 1 aromatic heterocycles. The van der Waals surface area contributed by atoms with Crippen LogP contribution in [-0.4, -0.2) is 39.6 Å². The van der Waals surface area contributed by atoms with Gasteiger partial charge in [0.2, 0.25) is 0 Å². The third-order valence-electron chi connectivity index (χ3n) is 8.18. The van der Waals surface area contributed by atoms with E-state index in [9.17, 15) is 29.5 Å². The lowest BCUT2D eigenvalue weighted by Gasteiger charge is -2.21. The fraction of sp³-hybridized carbons (Fsp3) is 0.278. The zero-order valence-corrected chi connectivity index (χ0v) is 26.3. The molecule has 1 heterocycles. The number of halogens is 2. The molecule has 9 nitrogen and oxygen atoms in total. The lowest BCUT2D eigenvalue weighted by atomic mass is 9.96. The molecule has 0 saturated heterocycles. The zero-order chi connectivity index (χ0) is 33.5. The predicted molar refractivity (Wildman–Crippen MR) is 172 cm³/mol. The maximum atomic E-state index is 14.7. The Labute approximate surface area is 276 Å². The van der Waals surface area contributed by atoms with Crippen molar-refractivity contribution >= 4 is 23.4 Å². The van der Waals surface area contributed by atoms with Crippen LogP contribution in [0.1, 0.15) is 53.7 Å². The number of ether oxygens (including phenoxy) is 2. The van der Waals surface area contributed by atoms with Gasteiger partial charge in [0.15, 0.2) is 0 Å². The van der Waals surface area contributed by atoms with Gasteiger partial charge in [-0.2, -0.15) is 5.26 Å². The Bertz CT molecular complexity index is 1830. The summed E-state index contributed by atoms with van der Waals surface area (Å²) in [4.78, 5) is 28.0. The van der Waals surface area contributed by atoms with Gasteiger partial charge in [0, 0.05) is 48.1 Å². The van der Waals surface area contributed by atoms with E-state index < -0.39 is 24.5 Å². The van der Waals surface area contributed by atoms with Crippen LogP contribution < -0.4 is 14.8 Å². The zero-order valence-electron chi connectivity index (χ0n) is 25.6. The van der Waals surface area contributed by atoms with E-state index in [0.717, 1.165) is 16.7 Å². The molecule has 0 radical (unpaired) electrons. The van der Waals surface area contributed by atoms with E-state index in [4.69, 9.17) is 21.1 Å². The number of ketones is 1. The molecular formula is C36H33ClFN3O6. The number of carboxylic acids is 1. The quantitative estimate of drug-likeness (QED) is 0.145. The highest BCUT2D eigenvalue weighted by Gasteiger charge is 2.29. The molecule has 11 heteroatoms. The van der Waals surface area contributed by atoms with Gasteiger partial charge in [0.05, 0.1) is 29.2 Å². The van der Waals surface area contributed by atoms with Gasteiger partial charge in [-0.1, -0.05) is 48.0 Å². The summed E-state index contributed by atoms with van der Waals surface area (Å²) in [6, 6.07) is 18.8. The number of carboxylic acid groups (broad SMARTS) is 1. The Morgan fingerprint density at radius 3 is 2.66 bits per heavy atom. The molecule has 1 aliphatic carbocycles. The van der Waals surface area contributed by atoms with E-state index in [0.29, 0.717) is 51.6 Å². The second-order valence-electron chi connectivity index (χ2n) is 11.4. The van der Waals surface area contributed by atoms with Crippen LogP contribution in [0.4, 0.5) is 4.39 Å². The van der Waals surface area contributed by atoms with Gasteiger partial charge in [-0.05, 0) is 54.7 Å². The van der Waals surface area contributed by atoms with Crippen LogP contribution in [0.3, 0.4) is 0 Å². The molecule has 0 aliphatic heterocycles. The first kappa shape index (κ1) is 33.5. The number of pyridine rings is 1. The van der Waals surface area contributed by atoms with Crippen LogP contribution in [0, 0.1) is 23.1 Å². The van der Waals surface area contributed by atoms with Gasteiger partial charge in [-0.25, -0.2) is 4.39 Å². The van der Waals surface area contributed by atoms with Gasteiger partial charge in [0.1, 0.15) is 41.9 Å². The minimum atomic E-state index is -1.24. The van der Waals surface area contributed by atoms with Crippen LogP contribution >= 0.6 is 11.6 Å². The molecule has 242 valence electrons. The van der Waals surface area contributed by atoms with E-state index in [1.54, 1.807) is 43.5 Å². The molecule has 0 bridgehead atoms. The fourth-order valence-electron chi connectivity index (χ4n) is 5.58. The number of hydrogen-bond donors (Lipinski definition) is 3. The third kappa shape index (κ3) is 7.95. The Morgan fingerprint density at radius 2 is 1.91 bits per heavy atom. The monoisotopic (exact) mass is 657 g/mol. The summed E-state index contributed by atoms with van der Waals surface area (Å²) >= 11 is 6.75. The number of aromatic nitrogens is 1. The lowest BCUT2D eigenvalue weighted by Crippen LogP contribution is -2.36. The number of benzene rings is 3. The topological polar surface area (TPSA) is 142 Å². The highest BCUT2D eigenvalue weighted by Crippen LogP contribution is 2.43. The highest BCUT2D eigenvalue weighted by molar-refractivity contribution is 6.32. The SMILES string of the molecule is CC(NCc1cc(Cl)c(O[C@H]2CCc3c(-c4ccccc4F)cccc32)cc1OCc1cncc(C#N)c1)C(=O)CC(CO)C(=O)O. The number of aliphatic hydroxyl groups is 1. The summed E-state index contributed by atoms with van der Waals surface area (Å²) in [5, 5.41) is 31.2. The van der Waals surface area contributed by atoms with Crippen LogP contribution in [0.25, 0.3) is 11.1 Å². The van der Waals surface area contributed by atoms with Crippen molar-refractivity contribution < 1.29 is 33.7 Å². The second kappa shape index (κ2) is 15.2. The van der Waals surface area contributed by atoms with Crippen molar-refractivity contribution in [3.05, 3.63) is 112 Å². The third-order valence-corrected chi connectivity index (χ3v) is 8.48. The molecule has 3 N–H and O–H groups in total. The molecule has 0 spiro atoms. The number of Topliss-reactive ketones (excluding diaryl/α,β-unsaturated/α-hetero) is 1. The first-order valence-corrected chi connectivity index (χ1v) is 15.5. The van der Waals surface area contributed by atoms with E-state index >= 15 is 0 Å². The summed E-state index contributed by atoms with van der Waals surface area (Å²) in [5.74, 6) is -2.29. The van der Waals surface area contributed by atoms with E-state index in [2.05, 4.69) is 16.4 Å². The number of carbonyl (C=O) groups excluding carboxylic acids is 1. The number of nitrogens with one attached hydrogen (secondary N) is 1. The number of fused-ring (bicyclic) bond motifs is 1. The Hall–Kier alpha value is -4.82. The van der Waals surface area contributed by atoms with E-state index in [1.165, 1.54) is 12.3 Å². The predicted octanol–water partition coefficient (Wildman–Crippen LogP) is 6.19. The number of hydrogen-bond acceptors (Lipinski definition) is 8.